The van der Waals surface area contributed by atoms with Crippen LogP contribution < -0.4 is 0 Å². The van der Waals surface area contributed by atoms with Gasteiger partial charge in [-0.2, -0.15) is 0 Å². The van der Waals surface area contributed by atoms with Crippen LogP contribution in [0.5, 0.6) is 0 Å². The molecule has 0 fully saturated rings. The van der Waals surface area contributed by atoms with Crippen molar-refractivity contribution >= 4 is 8.25 Å². The number of hydrogen-bond acceptors (Lipinski definition) is 2. The van der Waals surface area contributed by atoms with Crippen LogP contribution in [0.3, 0.4) is 0 Å². The van der Waals surface area contributed by atoms with E-state index in [9.17, 15) is 4.57 Å². The van der Waals surface area contributed by atoms with Crippen molar-refractivity contribution in [2.24, 2.45) is 0 Å². The smallest absolute Gasteiger partial charge is 0.298 e. The van der Waals surface area contributed by atoms with Crippen LogP contribution in [0.25, 0.3) is 0 Å². The van der Waals surface area contributed by atoms with Crippen LogP contribution in [-0.4, -0.2) is 11.5 Å². The van der Waals surface area contributed by atoms with E-state index in [1.807, 2.05) is 0 Å². The van der Waals surface area contributed by atoms with Gasteiger partial charge < -0.3 is 0 Å². The molecule has 0 aliphatic rings. The standard InChI is InChI=1S/C12H26O3P/c1-2-3-4-5-6-7-8-9-10-11-12-15-16(13)14/h2-12H2,1H3,(H,13,14). The SMILES string of the molecule is CCCCCCCCCCCCO[P](=O)O. The zero-order valence-corrected chi connectivity index (χ0v) is 11.4. The van der Waals surface area contributed by atoms with E-state index in [1.54, 1.807) is 0 Å². The topological polar surface area (TPSA) is 46.5 Å². The Balaban J connectivity index is 2.90. The Hall–Kier alpha value is 0.0200. The summed E-state index contributed by atoms with van der Waals surface area (Å²) in [6.45, 7) is 2.66. The lowest BCUT2D eigenvalue weighted by Gasteiger charge is -2.01. The maximum Gasteiger partial charge on any atom is 0.366 e. The van der Waals surface area contributed by atoms with Gasteiger partial charge >= 0.3 is 8.25 Å². The van der Waals surface area contributed by atoms with E-state index < -0.39 is 8.25 Å². The van der Waals surface area contributed by atoms with E-state index in [-0.39, 0.29) is 0 Å². The zero-order valence-electron chi connectivity index (χ0n) is 10.5. The third-order valence-corrected chi connectivity index (χ3v) is 3.10. The highest BCUT2D eigenvalue weighted by atomic mass is 31.1. The molecule has 1 N–H and O–H groups in total. The van der Waals surface area contributed by atoms with E-state index in [2.05, 4.69) is 11.4 Å². The molecule has 97 valence electrons. The molecular formula is C12H26O3P. The maximum absolute atomic E-state index is 10.2. The first-order chi connectivity index (χ1) is 7.77. The van der Waals surface area contributed by atoms with Crippen molar-refractivity contribution in [2.45, 2.75) is 71.1 Å². The number of rotatable bonds is 12. The molecule has 0 rings (SSSR count). The molecule has 4 heteroatoms. The molecule has 0 amide bonds. The predicted molar refractivity (Wildman–Crippen MR) is 67.6 cm³/mol. The van der Waals surface area contributed by atoms with Gasteiger partial charge in [0.1, 0.15) is 0 Å². The molecule has 0 spiro atoms. The minimum atomic E-state index is -2.39. The quantitative estimate of drug-likeness (QED) is 0.407. The minimum Gasteiger partial charge on any atom is -0.298 e. The minimum absolute atomic E-state index is 0.419. The van der Waals surface area contributed by atoms with Gasteiger partial charge in [0.2, 0.25) is 0 Å². The van der Waals surface area contributed by atoms with E-state index in [0.29, 0.717) is 6.61 Å². The summed E-state index contributed by atoms with van der Waals surface area (Å²) in [5.41, 5.74) is 0. The van der Waals surface area contributed by atoms with Crippen molar-refractivity contribution in [3.63, 3.8) is 0 Å². The third-order valence-electron chi connectivity index (χ3n) is 2.70. The van der Waals surface area contributed by atoms with Gasteiger partial charge in [-0.1, -0.05) is 64.7 Å². The normalized spacial score (nSPS) is 11.8. The van der Waals surface area contributed by atoms with Gasteiger partial charge in [0, 0.05) is 0 Å². The van der Waals surface area contributed by atoms with E-state index in [1.165, 1.54) is 51.4 Å². The van der Waals surface area contributed by atoms with Crippen LogP contribution in [-0.2, 0) is 9.09 Å². The Bertz CT molecular complexity index is 162. The monoisotopic (exact) mass is 249 g/mol. The number of unbranched alkanes of at least 4 members (excludes halogenated alkanes) is 9. The fourth-order valence-corrected chi connectivity index (χ4v) is 2.02. The molecule has 0 aliphatic heterocycles. The van der Waals surface area contributed by atoms with Gasteiger partial charge in [-0.25, -0.2) is 4.57 Å². The van der Waals surface area contributed by atoms with Crippen LogP contribution in [0.4, 0.5) is 0 Å². The molecule has 0 heterocycles. The summed E-state index contributed by atoms with van der Waals surface area (Å²) in [4.78, 5) is 8.38. The van der Waals surface area contributed by atoms with Crippen LogP contribution >= 0.6 is 8.25 Å². The second kappa shape index (κ2) is 13.1. The van der Waals surface area contributed by atoms with Gasteiger partial charge in [-0.3, -0.25) is 9.42 Å². The highest BCUT2D eigenvalue weighted by Gasteiger charge is 1.95. The molecule has 1 radical (unpaired) electrons. The van der Waals surface area contributed by atoms with Crippen LogP contribution in [0.15, 0.2) is 0 Å². The zero-order chi connectivity index (χ0) is 12.1. The van der Waals surface area contributed by atoms with Gasteiger partial charge in [0.15, 0.2) is 0 Å². The molecule has 0 aliphatic carbocycles. The summed E-state index contributed by atoms with van der Waals surface area (Å²) in [7, 11) is -2.39. The second-order valence-corrected chi connectivity index (χ2v) is 4.99. The molecular weight excluding hydrogens is 223 g/mol. The Morgan fingerprint density at radius 3 is 1.75 bits per heavy atom. The lowest BCUT2D eigenvalue weighted by molar-refractivity contribution is 0.273. The molecule has 1 unspecified atom stereocenters. The Morgan fingerprint density at radius 1 is 0.875 bits per heavy atom. The van der Waals surface area contributed by atoms with Gasteiger partial charge in [-0.05, 0) is 6.42 Å². The van der Waals surface area contributed by atoms with Crippen molar-refractivity contribution in [2.75, 3.05) is 6.61 Å². The summed E-state index contributed by atoms with van der Waals surface area (Å²) in [6, 6.07) is 0. The molecule has 0 saturated heterocycles. The van der Waals surface area contributed by atoms with Gasteiger partial charge in [0.05, 0.1) is 6.61 Å². The molecule has 16 heavy (non-hydrogen) atoms. The first-order valence-corrected chi connectivity index (χ1v) is 7.69. The van der Waals surface area contributed by atoms with E-state index in [4.69, 9.17) is 4.89 Å². The molecule has 0 aromatic heterocycles. The van der Waals surface area contributed by atoms with Crippen molar-refractivity contribution in [1.82, 2.24) is 0 Å². The number of hydrogen-bond donors (Lipinski definition) is 1. The first kappa shape index (κ1) is 16.0. The average molecular weight is 249 g/mol. The summed E-state index contributed by atoms with van der Waals surface area (Å²) < 4.78 is 14.8. The lowest BCUT2D eigenvalue weighted by atomic mass is 10.1. The Labute approximate surface area is 101 Å². The largest absolute Gasteiger partial charge is 0.366 e. The Kier molecular flexibility index (Phi) is 13.1. The van der Waals surface area contributed by atoms with Crippen LogP contribution in [0.1, 0.15) is 71.1 Å². The highest BCUT2D eigenvalue weighted by Crippen LogP contribution is 2.16. The average Bonchev–Trinajstić information content (AvgIpc) is 2.25. The predicted octanol–water partition coefficient (Wildman–Crippen LogP) is 4.57. The molecule has 0 bridgehead atoms. The molecule has 0 aromatic carbocycles. The second-order valence-electron chi connectivity index (χ2n) is 4.25. The van der Waals surface area contributed by atoms with E-state index in [0.717, 1.165) is 12.8 Å². The van der Waals surface area contributed by atoms with Crippen molar-refractivity contribution in [1.29, 1.82) is 0 Å². The Morgan fingerprint density at radius 2 is 1.31 bits per heavy atom. The van der Waals surface area contributed by atoms with Crippen molar-refractivity contribution in [3.8, 4) is 0 Å². The van der Waals surface area contributed by atoms with E-state index >= 15 is 0 Å². The fraction of sp³-hybridized carbons (Fsp3) is 1.00. The fourth-order valence-electron chi connectivity index (χ4n) is 1.73. The van der Waals surface area contributed by atoms with Crippen molar-refractivity contribution in [3.05, 3.63) is 0 Å². The summed E-state index contributed by atoms with van der Waals surface area (Å²) in [6.07, 6.45) is 12.7. The summed E-state index contributed by atoms with van der Waals surface area (Å²) >= 11 is 0. The molecule has 3 nitrogen and oxygen atoms in total. The third kappa shape index (κ3) is 14.0. The highest BCUT2D eigenvalue weighted by molar-refractivity contribution is 7.32. The molecule has 0 aromatic rings. The van der Waals surface area contributed by atoms with Crippen LogP contribution in [0.2, 0.25) is 0 Å². The van der Waals surface area contributed by atoms with Gasteiger partial charge in [0.25, 0.3) is 0 Å². The van der Waals surface area contributed by atoms with Gasteiger partial charge in [-0.15, -0.1) is 0 Å². The summed E-state index contributed by atoms with van der Waals surface area (Å²) in [5, 5.41) is 0. The molecule has 0 saturated carbocycles. The summed E-state index contributed by atoms with van der Waals surface area (Å²) in [5.74, 6) is 0. The molecule has 1 atom stereocenters. The van der Waals surface area contributed by atoms with Crippen molar-refractivity contribution < 1.29 is 14.0 Å². The first-order valence-electron chi connectivity index (χ1n) is 6.56. The van der Waals surface area contributed by atoms with Crippen LogP contribution in [0, 0.1) is 0 Å². The lowest BCUT2D eigenvalue weighted by Crippen LogP contribution is -1.87. The maximum atomic E-state index is 10.2.